The molecular formula is C24H26N6O3. The van der Waals surface area contributed by atoms with Gasteiger partial charge in [-0.25, -0.2) is 9.97 Å². The van der Waals surface area contributed by atoms with E-state index >= 15 is 0 Å². The van der Waals surface area contributed by atoms with Crippen LogP contribution in [0.4, 0.5) is 5.95 Å². The maximum absolute atomic E-state index is 12.6. The third-order valence-corrected chi connectivity index (χ3v) is 5.75. The van der Waals surface area contributed by atoms with Crippen LogP contribution in [-0.4, -0.2) is 51.8 Å². The third-order valence-electron chi connectivity index (χ3n) is 5.75. The minimum atomic E-state index is -0.395. The summed E-state index contributed by atoms with van der Waals surface area (Å²) >= 11 is 0. The van der Waals surface area contributed by atoms with Gasteiger partial charge in [-0.3, -0.25) is 4.79 Å². The molecule has 1 fully saturated rings. The summed E-state index contributed by atoms with van der Waals surface area (Å²) in [4.78, 5) is 22.3. The zero-order chi connectivity index (χ0) is 22.8. The number of amides is 1. The second kappa shape index (κ2) is 8.93. The van der Waals surface area contributed by atoms with E-state index in [1.165, 1.54) is 0 Å². The van der Waals surface area contributed by atoms with Crippen molar-refractivity contribution in [2.75, 3.05) is 25.6 Å². The second-order valence-corrected chi connectivity index (χ2v) is 7.90. The Bertz CT molecular complexity index is 1300. The van der Waals surface area contributed by atoms with Crippen LogP contribution in [0.25, 0.3) is 27.9 Å². The summed E-state index contributed by atoms with van der Waals surface area (Å²) in [6.07, 6.45) is 2.63. The molecule has 0 saturated carbocycles. The van der Waals surface area contributed by atoms with Crippen LogP contribution < -0.4 is 20.1 Å². The molecule has 0 radical (unpaired) electrons. The van der Waals surface area contributed by atoms with Gasteiger partial charge in [0.2, 0.25) is 11.9 Å². The number of methoxy groups -OCH3 is 1. The van der Waals surface area contributed by atoms with Gasteiger partial charge in [0.05, 0.1) is 13.7 Å². The first-order valence-corrected chi connectivity index (χ1v) is 11.2. The number of anilines is 1. The number of nitrogens with zero attached hydrogens (tertiary/aromatic N) is 4. The number of para-hydroxylation sites is 1. The van der Waals surface area contributed by atoms with E-state index in [1.54, 1.807) is 11.6 Å². The lowest BCUT2D eigenvalue weighted by Gasteiger charge is -2.17. The third kappa shape index (κ3) is 4.02. The minimum Gasteiger partial charge on any atom is -0.497 e. The highest BCUT2D eigenvalue weighted by molar-refractivity contribution is 5.96. The lowest BCUT2D eigenvalue weighted by Crippen LogP contribution is -2.38. The summed E-state index contributed by atoms with van der Waals surface area (Å²) in [5.41, 5.74) is 2.17. The molecule has 2 N–H and O–H groups in total. The lowest BCUT2D eigenvalue weighted by atomic mass is 10.1. The number of fused-ring (bicyclic) bond motifs is 3. The quantitative estimate of drug-likeness (QED) is 0.468. The number of aromatic nitrogens is 4. The number of hydrogen-bond donors (Lipinski definition) is 2. The SMILES string of the molecule is CCOc1cccc2c1nc(NC1CCCCNC1=O)n1nc(-c3ccc(OC)cc3)nc21. The van der Waals surface area contributed by atoms with Crippen molar-refractivity contribution < 1.29 is 14.3 Å². The van der Waals surface area contributed by atoms with Gasteiger partial charge < -0.3 is 20.1 Å². The molecule has 1 unspecified atom stereocenters. The highest BCUT2D eigenvalue weighted by atomic mass is 16.5. The summed E-state index contributed by atoms with van der Waals surface area (Å²) in [6, 6.07) is 12.9. The van der Waals surface area contributed by atoms with Crippen LogP contribution in [0.15, 0.2) is 42.5 Å². The van der Waals surface area contributed by atoms with Crippen LogP contribution in [0.2, 0.25) is 0 Å². The summed E-state index contributed by atoms with van der Waals surface area (Å²) in [5.74, 6) is 2.41. The van der Waals surface area contributed by atoms with Gasteiger partial charge in [0.15, 0.2) is 11.5 Å². The number of rotatable bonds is 6. The van der Waals surface area contributed by atoms with Gasteiger partial charge in [0.1, 0.15) is 23.1 Å². The van der Waals surface area contributed by atoms with Gasteiger partial charge in [0.25, 0.3) is 0 Å². The summed E-state index contributed by atoms with van der Waals surface area (Å²) in [7, 11) is 1.63. The molecule has 4 aromatic rings. The van der Waals surface area contributed by atoms with Gasteiger partial charge in [-0.05, 0) is 62.6 Å². The molecule has 1 saturated heterocycles. The molecule has 9 nitrogen and oxygen atoms in total. The Morgan fingerprint density at radius 1 is 1.15 bits per heavy atom. The van der Waals surface area contributed by atoms with Crippen molar-refractivity contribution in [1.29, 1.82) is 0 Å². The predicted octanol–water partition coefficient (Wildman–Crippen LogP) is 3.43. The van der Waals surface area contributed by atoms with Crippen molar-refractivity contribution in [2.45, 2.75) is 32.2 Å². The number of carbonyl (C=O) groups excluding carboxylic acids is 1. The largest absolute Gasteiger partial charge is 0.497 e. The average molecular weight is 447 g/mol. The molecule has 9 heteroatoms. The fourth-order valence-electron chi connectivity index (χ4n) is 4.07. The number of benzene rings is 2. The predicted molar refractivity (Wildman–Crippen MR) is 126 cm³/mol. The normalized spacial score (nSPS) is 16.4. The average Bonchev–Trinajstić information content (AvgIpc) is 3.20. The molecule has 1 atom stereocenters. The Balaban J connectivity index is 1.67. The Morgan fingerprint density at radius 3 is 2.79 bits per heavy atom. The van der Waals surface area contributed by atoms with Gasteiger partial charge in [0, 0.05) is 17.5 Å². The van der Waals surface area contributed by atoms with E-state index in [1.807, 2.05) is 49.4 Å². The molecule has 0 bridgehead atoms. The summed E-state index contributed by atoms with van der Waals surface area (Å²) < 4.78 is 12.8. The Kier molecular flexibility index (Phi) is 5.68. The van der Waals surface area contributed by atoms with Gasteiger partial charge in [-0.2, -0.15) is 4.52 Å². The smallest absolute Gasteiger partial charge is 0.242 e. The molecule has 33 heavy (non-hydrogen) atoms. The number of hydrogen-bond acceptors (Lipinski definition) is 7. The van der Waals surface area contributed by atoms with Crippen molar-refractivity contribution >= 4 is 28.4 Å². The van der Waals surface area contributed by atoms with Gasteiger partial charge in [-0.1, -0.05) is 6.07 Å². The zero-order valence-electron chi connectivity index (χ0n) is 18.7. The van der Waals surface area contributed by atoms with E-state index in [0.717, 1.165) is 36.0 Å². The number of ether oxygens (including phenoxy) is 2. The Hall–Kier alpha value is -3.88. The first kappa shape index (κ1) is 21.0. The van der Waals surface area contributed by atoms with E-state index in [0.29, 0.717) is 41.8 Å². The first-order chi connectivity index (χ1) is 16.2. The maximum atomic E-state index is 12.6. The van der Waals surface area contributed by atoms with Crippen LogP contribution in [0.1, 0.15) is 26.2 Å². The molecule has 0 spiro atoms. The van der Waals surface area contributed by atoms with E-state index in [2.05, 4.69) is 10.6 Å². The first-order valence-electron chi connectivity index (χ1n) is 11.2. The molecule has 3 heterocycles. The van der Waals surface area contributed by atoms with Crippen molar-refractivity contribution in [3.05, 3.63) is 42.5 Å². The number of nitrogens with one attached hydrogen (secondary N) is 2. The Morgan fingerprint density at radius 2 is 2.00 bits per heavy atom. The Labute approximate surface area is 191 Å². The van der Waals surface area contributed by atoms with E-state index in [4.69, 9.17) is 24.5 Å². The van der Waals surface area contributed by atoms with Crippen LogP contribution in [0.5, 0.6) is 11.5 Å². The molecule has 2 aromatic carbocycles. The van der Waals surface area contributed by atoms with Crippen LogP contribution in [0, 0.1) is 0 Å². The highest BCUT2D eigenvalue weighted by Crippen LogP contribution is 2.30. The van der Waals surface area contributed by atoms with Crippen molar-refractivity contribution in [3.63, 3.8) is 0 Å². The van der Waals surface area contributed by atoms with Crippen molar-refractivity contribution in [2.24, 2.45) is 0 Å². The summed E-state index contributed by atoms with van der Waals surface area (Å²) in [5, 5.41) is 11.9. The molecule has 5 rings (SSSR count). The van der Waals surface area contributed by atoms with Crippen LogP contribution in [-0.2, 0) is 4.79 Å². The van der Waals surface area contributed by atoms with Crippen LogP contribution in [0.3, 0.4) is 0 Å². The fourth-order valence-corrected chi connectivity index (χ4v) is 4.07. The maximum Gasteiger partial charge on any atom is 0.242 e. The van der Waals surface area contributed by atoms with Crippen molar-refractivity contribution in [3.8, 4) is 22.9 Å². The topological polar surface area (TPSA) is 103 Å². The molecule has 1 amide bonds. The molecular weight excluding hydrogens is 420 g/mol. The molecule has 0 aliphatic carbocycles. The molecule has 1 aliphatic heterocycles. The van der Waals surface area contributed by atoms with E-state index in [-0.39, 0.29) is 5.91 Å². The van der Waals surface area contributed by atoms with E-state index in [9.17, 15) is 4.79 Å². The fraction of sp³-hybridized carbons (Fsp3) is 0.333. The minimum absolute atomic E-state index is 0.0314. The molecule has 2 aromatic heterocycles. The number of carbonyl (C=O) groups is 1. The second-order valence-electron chi connectivity index (χ2n) is 7.90. The van der Waals surface area contributed by atoms with Gasteiger partial charge >= 0.3 is 0 Å². The van der Waals surface area contributed by atoms with Crippen molar-refractivity contribution in [1.82, 2.24) is 24.9 Å². The molecule has 1 aliphatic rings. The summed E-state index contributed by atoms with van der Waals surface area (Å²) in [6.45, 7) is 3.14. The monoisotopic (exact) mass is 446 g/mol. The lowest BCUT2D eigenvalue weighted by molar-refractivity contribution is -0.121. The van der Waals surface area contributed by atoms with Crippen LogP contribution >= 0.6 is 0 Å². The van der Waals surface area contributed by atoms with Gasteiger partial charge in [-0.15, -0.1) is 5.10 Å². The zero-order valence-corrected chi connectivity index (χ0v) is 18.7. The van der Waals surface area contributed by atoms with E-state index < -0.39 is 6.04 Å². The standard InChI is InChI=1S/C24H26N6O3/c1-3-33-19-9-6-7-17-20(19)27-24(26-18-8-4-5-14-25-23(18)31)30-22(17)28-21(29-30)15-10-12-16(32-2)13-11-15/h6-7,9-13,18H,3-5,8,14H2,1-2H3,(H,25,31)(H,26,27). The molecule has 170 valence electrons. The highest BCUT2D eigenvalue weighted by Gasteiger charge is 2.24.